The Kier molecular flexibility index (Phi) is 3.60. The van der Waals surface area contributed by atoms with E-state index in [9.17, 15) is 4.39 Å². The quantitative estimate of drug-likeness (QED) is 0.846. The highest BCUT2D eigenvalue weighted by Gasteiger charge is 2.13. The molecule has 0 aliphatic carbocycles. The van der Waals surface area contributed by atoms with Gasteiger partial charge in [0.05, 0.1) is 5.56 Å². The van der Waals surface area contributed by atoms with Crippen molar-refractivity contribution in [2.45, 2.75) is 26.7 Å². The fourth-order valence-electron chi connectivity index (χ4n) is 1.59. The second kappa shape index (κ2) is 5.16. The Balaban J connectivity index is 2.21. The number of nitrogens with two attached hydrogens (primary N) is 1. The number of hydrogen-bond acceptors (Lipinski definition) is 4. The number of aromatic nitrogens is 2. The number of halogens is 1. The Hall–Kier alpha value is -1.91. The smallest absolute Gasteiger partial charge is 0.260 e. The predicted molar refractivity (Wildman–Crippen MR) is 67.3 cm³/mol. The molecule has 1 heterocycles. The van der Waals surface area contributed by atoms with Crippen molar-refractivity contribution in [3.63, 3.8) is 0 Å². The number of rotatable bonds is 4. The lowest BCUT2D eigenvalue weighted by Gasteiger charge is -1.99. The first-order chi connectivity index (χ1) is 8.56. The second-order valence-corrected chi connectivity index (χ2v) is 4.69. The molecule has 0 bridgehead atoms. The van der Waals surface area contributed by atoms with Crippen LogP contribution in [0.4, 0.5) is 10.1 Å². The highest BCUT2D eigenvalue weighted by atomic mass is 19.1. The van der Waals surface area contributed by atoms with Crippen LogP contribution >= 0.6 is 0 Å². The Morgan fingerprint density at radius 3 is 2.89 bits per heavy atom. The fourth-order valence-corrected chi connectivity index (χ4v) is 1.59. The second-order valence-electron chi connectivity index (χ2n) is 4.69. The van der Waals surface area contributed by atoms with E-state index < -0.39 is 5.82 Å². The molecule has 2 N–H and O–H groups in total. The van der Waals surface area contributed by atoms with Crippen molar-refractivity contribution in [3.8, 4) is 11.5 Å². The Labute approximate surface area is 105 Å². The van der Waals surface area contributed by atoms with Crippen LogP contribution in [0, 0.1) is 11.7 Å². The minimum Gasteiger partial charge on any atom is -0.399 e. The SMILES string of the molecule is CC(C)CCc1noc(-c2cc(N)ccc2F)n1. The molecule has 18 heavy (non-hydrogen) atoms. The summed E-state index contributed by atoms with van der Waals surface area (Å²) < 4.78 is 18.7. The van der Waals surface area contributed by atoms with Gasteiger partial charge in [-0.1, -0.05) is 19.0 Å². The molecule has 0 saturated carbocycles. The fraction of sp³-hybridized carbons (Fsp3) is 0.385. The average Bonchev–Trinajstić information content (AvgIpc) is 2.78. The summed E-state index contributed by atoms with van der Waals surface area (Å²) in [7, 11) is 0. The van der Waals surface area contributed by atoms with E-state index >= 15 is 0 Å². The number of aryl methyl sites for hydroxylation is 1. The van der Waals surface area contributed by atoms with Gasteiger partial charge < -0.3 is 10.3 Å². The van der Waals surface area contributed by atoms with Crippen LogP contribution in [-0.2, 0) is 6.42 Å². The molecular weight excluding hydrogens is 233 g/mol. The van der Waals surface area contributed by atoms with E-state index in [0.717, 1.165) is 12.8 Å². The number of nitrogens with zero attached hydrogens (tertiary/aromatic N) is 2. The standard InChI is InChI=1S/C13H16FN3O/c1-8(2)3-6-12-16-13(18-17-12)10-7-9(15)4-5-11(10)14/h4-5,7-8H,3,6,15H2,1-2H3. The van der Waals surface area contributed by atoms with Crippen LogP contribution in [0.25, 0.3) is 11.5 Å². The summed E-state index contributed by atoms with van der Waals surface area (Å²) in [6.45, 7) is 4.25. The molecule has 0 aliphatic rings. The van der Waals surface area contributed by atoms with Crippen molar-refractivity contribution >= 4 is 5.69 Å². The molecule has 0 amide bonds. The number of anilines is 1. The maximum atomic E-state index is 13.6. The van der Waals surface area contributed by atoms with Crippen molar-refractivity contribution in [2.75, 3.05) is 5.73 Å². The van der Waals surface area contributed by atoms with Crippen LogP contribution in [0.1, 0.15) is 26.1 Å². The monoisotopic (exact) mass is 249 g/mol. The third kappa shape index (κ3) is 2.85. The third-order valence-electron chi connectivity index (χ3n) is 2.63. The van der Waals surface area contributed by atoms with Crippen molar-refractivity contribution in [1.82, 2.24) is 10.1 Å². The molecule has 2 rings (SSSR count). The lowest BCUT2D eigenvalue weighted by molar-refractivity contribution is 0.417. The molecule has 0 radical (unpaired) electrons. The zero-order chi connectivity index (χ0) is 13.1. The maximum Gasteiger partial charge on any atom is 0.260 e. The van der Waals surface area contributed by atoms with Crippen LogP contribution in [0.15, 0.2) is 22.7 Å². The summed E-state index contributed by atoms with van der Waals surface area (Å²) in [5.74, 6) is 0.929. The van der Waals surface area contributed by atoms with Crippen molar-refractivity contribution < 1.29 is 8.91 Å². The molecule has 0 aliphatic heterocycles. The van der Waals surface area contributed by atoms with E-state index in [2.05, 4.69) is 24.0 Å². The minimum atomic E-state index is -0.414. The molecule has 1 aromatic carbocycles. The van der Waals surface area contributed by atoms with Gasteiger partial charge in [0, 0.05) is 12.1 Å². The first-order valence-corrected chi connectivity index (χ1v) is 5.94. The molecule has 96 valence electrons. The summed E-state index contributed by atoms with van der Waals surface area (Å²) in [5.41, 5.74) is 6.33. The molecule has 4 nitrogen and oxygen atoms in total. The Morgan fingerprint density at radius 2 is 2.17 bits per heavy atom. The van der Waals surface area contributed by atoms with Gasteiger partial charge in [-0.25, -0.2) is 4.39 Å². The molecule has 1 aromatic heterocycles. The van der Waals surface area contributed by atoms with Gasteiger partial charge in [-0.05, 0) is 30.5 Å². The van der Waals surface area contributed by atoms with Gasteiger partial charge in [-0.15, -0.1) is 0 Å². The lowest BCUT2D eigenvalue weighted by Crippen LogP contribution is -1.94. The van der Waals surface area contributed by atoms with Crippen LogP contribution in [0.3, 0.4) is 0 Å². The van der Waals surface area contributed by atoms with Crippen LogP contribution in [0.5, 0.6) is 0 Å². The summed E-state index contributed by atoms with van der Waals surface area (Å²) in [4.78, 5) is 4.18. The number of hydrogen-bond donors (Lipinski definition) is 1. The first kappa shape index (κ1) is 12.5. The number of benzene rings is 1. The molecule has 0 atom stereocenters. The Bertz CT molecular complexity index is 537. The van der Waals surface area contributed by atoms with E-state index in [1.165, 1.54) is 18.2 Å². The summed E-state index contributed by atoms with van der Waals surface area (Å²) in [5, 5.41) is 3.84. The van der Waals surface area contributed by atoms with E-state index in [1.54, 1.807) is 0 Å². The van der Waals surface area contributed by atoms with Gasteiger partial charge in [0.1, 0.15) is 5.82 Å². The van der Waals surface area contributed by atoms with E-state index in [1.807, 2.05) is 0 Å². The van der Waals surface area contributed by atoms with Crippen LogP contribution < -0.4 is 5.73 Å². The highest BCUT2D eigenvalue weighted by molar-refractivity contribution is 5.60. The molecule has 2 aromatic rings. The maximum absolute atomic E-state index is 13.6. The van der Waals surface area contributed by atoms with E-state index in [-0.39, 0.29) is 11.5 Å². The molecule has 0 saturated heterocycles. The molecule has 5 heteroatoms. The van der Waals surface area contributed by atoms with Gasteiger partial charge in [-0.2, -0.15) is 4.98 Å². The minimum absolute atomic E-state index is 0.179. The van der Waals surface area contributed by atoms with Crippen LogP contribution in [-0.4, -0.2) is 10.1 Å². The topological polar surface area (TPSA) is 64.9 Å². The van der Waals surface area contributed by atoms with E-state index in [4.69, 9.17) is 10.3 Å². The van der Waals surface area contributed by atoms with Crippen molar-refractivity contribution in [2.24, 2.45) is 5.92 Å². The lowest BCUT2D eigenvalue weighted by atomic mass is 10.1. The van der Waals surface area contributed by atoms with Gasteiger partial charge in [0.25, 0.3) is 5.89 Å². The van der Waals surface area contributed by atoms with Gasteiger partial charge >= 0.3 is 0 Å². The van der Waals surface area contributed by atoms with Crippen molar-refractivity contribution in [3.05, 3.63) is 29.8 Å². The average molecular weight is 249 g/mol. The van der Waals surface area contributed by atoms with Crippen LogP contribution in [0.2, 0.25) is 0 Å². The first-order valence-electron chi connectivity index (χ1n) is 5.94. The number of nitrogen functional groups attached to an aromatic ring is 1. The summed E-state index contributed by atoms with van der Waals surface area (Å²) in [6.07, 6.45) is 1.70. The zero-order valence-corrected chi connectivity index (χ0v) is 10.5. The normalized spacial score (nSPS) is 11.1. The third-order valence-corrected chi connectivity index (χ3v) is 2.63. The Morgan fingerprint density at radius 1 is 1.39 bits per heavy atom. The highest BCUT2D eigenvalue weighted by Crippen LogP contribution is 2.23. The van der Waals surface area contributed by atoms with Gasteiger partial charge in [-0.3, -0.25) is 0 Å². The largest absolute Gasteiger partial charge is 0.399 e. The van der Waals surface area contributed by atoms with Gasteiger partial charge in [0.15, 0.2) is 5.82 Å². The zero-order valence-electron chi connectivity index (χ0n) is 10.5. The molecule has 0 unspecified atom stereocenters. The molecular formula is C13H16FN3O. The molecule has 0 spiro atoms. The molecule has 0 fully saturated rings. The van der Waals surface area contributed by atoms with Crippen molar-refractivity contribution in [1.29, 1.82) is 0 Å². The van der Waals surface area contributed by atoms with Gasteiger partial charge in [0.2, 0.25) is 0 Å². The predicted octanol–water partition coefficient (Wildman–Crippen LogP) is 3.05. The van der Waals surface area contributed by atoms with E-state index in [0.29, 0.717) is 17.4 Å². The summed E-state index contributed by atoms with van der Waals surface area (Å²) in [6, 6.07) is 4.28. The summed E-state index contributed by atoms with van der Waals surface area (Å²) >= 11 is 0.